The standard InChI is InChI=1S/C12H13NO2/c1-8(7-14)13-9(2)10-5-3-4-6-11(10)12(13)15/h3-6,8,14H,2,7H2,1H3. The largest absolute Gasteiger partial charge is 0.394 e. The van der Waals surface area contributed by atoms with E-state index in [9.17, 15) is 4.79 Å². The van der Waals surface area contributed by atoms with Crippen molar-refractivity contribution in [3.8, 4) is 0 Å². The summed E-state index contributed by atoms with van der Waals surface area (Å²) in [4.78, 5) is 13.5. The van der Waals surface area contributed by atoms with E-state index in [-0.39, 0.29) is 18.6 Å². The molecule has 0 spiro atoms. The van der Waals surface area contributed by atoms with E-state index < -0.39 is 0 Å². The molecule has 1 unspecified atom stereocenters. The van der Waals surface area contributed by atoms with Gasteiger partial charge in [0.25, 0.3) is 5.91 Å². The molecule has 0 saturated carbocycles. The zero-order chi connectivity index (χ0) is 11.0. The summed E-state index contributed by atoms with van der Waals surface area (Å²) < 4.78 is 0. The molecule has 15 heavy (non-hydrogen) atoms. The number of fused-ring (bicyclic) bond motifs is 1. The Morgan fingerprint density at radius 1 is 1.40 bits per heavy atom. The summed E-state index contributed by atoms with van der Waals surface area (Å²) >= 11 is 0. The van der Waals surface area contributed by atoms with Crippen LogP contribution in [0.5, 0.6) is 0 Å². The summed E-state index contributed by atoms with van der Waals surface area (Å²) in [6.07, 6.45) is 0. The average Bonchev–Trinajstić information content (AvgIpc) is 2.52. The molecule has 78 valence electrons. The Morgan fingerprint density at radius 2 is 2.00 bits per heavy atom. The van der Waals surface area contributed by atoms with E-state index in [0.29, 0.717) is 11.3 Å². The van der Waals surface area contributed by atoms with Crippen molar-refractivity contribution in [3.63, 3.8) is 0 Å². The third-order valence-electron chi connectivity index (χ3n) is 2.68. The van der Waals surface area contributed by atoms with Gasteiger partial charge in [0.1, 0.15) is 0 Å². The quantitative estimate of drug-likeness (QED) is 0.791. The SMILES string of the molecule is C=C1c2ccccc2C(=O)N1C(C)CO. The number of carbonyl (C=O) groups excluding carboxylic acids is 1. The van der Waals surface area contributed by atoms with E-state index in [1.807, 2.05) is 18.2 Å². The first-order valence-corrected chi connectivity index (χ1v) is 4.89. The van der Waals surface area contributed by atoms with Gasteiger partial charge < -0.3 is 10.0 Å². The summed E-state index contributed by atoms with van der Waals surface area (Å²) in [6.45, 7) is 5.63. The maximum Gasteiger partial charge on any atom is 0.259 e. The van der Waals surface area contributed by atoms with Crippen LogP contribution < -0.4 is 0 Å². The number of benzene rings is 1. The molecule has 1 aromatic carbocycles. The molecule has 0 fully saturated rings. The second-order valence-electron chi connectivity index (χ2n) is 3.70. The van der Waals surface area contributed by atoms with Gasteiger partial charge in [0.15, 0.2) is 0 Å². The molecule has 2 rings (SSSR count). The van der Waals surface area contributed by atoms with Crippen molar-refractivity contribution >= 4 is 11.6 Å². The molecule has 0 radical (unpaired) electrons. The van der Waals surface area contributed by atoms with Crippen LogP contribution in [0.3, 0.4) is 0 Å². The third-order valence-corrected chi connectivity index (χ3v) is 2.68. The minimum absolute atomic E-state index is 0.0568. The van der Waals surface area contributed by atoms with Gasteiger partial charge in [0.05, 0.1) is 12.6 Å². The Morgan fingerprint density at radius 3 is 2.53 bits per heavy atom. The first kappa shape index (κ1) is 9.93. The molecule has 1 aliphatic heterocycles. The van der Waals surface area contributed by atoms with Crippen molar-refractivity contribution in [2.75, 3.05) is 6.61 Å². The zero-order valence-corrected chi connectivity index (χ0v) is 8.60. The molecule has 3 heteroatoms. The lowest BCUT2D eigenvalue weighted by atomic mass is 10.1. The molecule has 1 aliphatic rings. The minimum Gasteiger partial charge on any atom is -0.394 e. The van der Waals surface area contributed by atoms with Crippen LogP contribution >= 0.6 is 0 Å². The van der Waals surface area contributed by atoms with Crippen LogP contribution in [0.4, 0.5) is 0 Å². The summed E-state index contributed by atoms with van der Waals surface area (Å²) in [5.41, 5.74) is 2.21. The van der Waals surface area contributed by atoms with Crippen molar-refractivity contribution in [1.82, 2.24) is 4.90 Å². The molecule has 0 bridgehead atoms. The Hall–Kier alpha value is -1.61. The van der Waals surface area contributed by atoms with Gasteiger partial charge >= 0.3 is 0 Å². The molecule has 3 nitrogen and oxygen atoms in total. The minimum atomic E-state index is -0.225. The number of aliphatic hydroxyl groups is 1. The van der Waals surface area contributed by atoms with Crippen molar-refractivity contribution < 1.29 is 9.90 Å². The highest BCUT2D eigenvalue weighted by Gasteiger charge is 2.33. The van der Waals surface area contributed by atoms with Gasteiger partial charge in [0, 0.05) is 16.8 Å². The normalized spacial score (nSPS) is 16.8. The van der Waals surface area contributed by atoms with Crippen molar-refractivity contribution in [2.45, 2.75) is 13.0 Å². The van der Waals surface area contributed by atoms with Crippen LogP contribution in [0, 0.1) is 0 Å². The highest BCUT2D eigenvalue weighted by molar-refractivity contribution is 6.09. The topological polar surface area (TPSA) is 40.5 Å². The Labute approximate surface area is 88.6 Å². The van der Waals surface area contributed by atoms with Crippen LogP contribution in [-0.2, 0) is 0 Å². The van der Waals surface area contributed by atoms with Gasteiger partial charge in [-0.25, -0.2) is 0 Å². The highest BCUT2D eigenvalue weighted by atomic mass is 16.3. The van der Waals surface area contributed by atoms with Gasteiger partial charge in [0.2, 0.25) is 0 Å². The van der Waals surface area contributed by atoms with E-state index in [4.69, 9.17) is 5.11 Å². The lowest BCUT2D eigenvalue weighted by Gasteiger charge is -2.23. The van der Waals surface area contributed by atoms with E-state index in [2.05, 4.69) is 6.58 Å². The molecule has 1 heterocycles. The lowest BCUT2D eigenvalue weighted by molar-refractivity contribution is 0.0766. The number of hydrogen-bond donors (Lipinski definition) is 1. The summed E-state index contributed by atoms with van der Waals surface area (Å²) in [5, 5.41) is 9.07. The van der Waals surface area contributed by atoms with Crippen LogP contribution in [0.1, 0.15) is 22.8 Å². The fourth-order valence-electron chi connectivity index (χ4n) is 1.85. The molecule has 1 aromatic rings. The van der Waals surface area contributed by atoms with Gasteiger partial charge in [-0.15, -0.1) is 0 Å². The van der Waals surface area contributed by atoms with Crippen molar-refractivity contribution in [2.24, 2.45) is 0 Å². The smallest absolute Gasteiger partial charge is 0.259 e. The molecule has 0 saturated heterocycles. The van der Waals surface area contributed by atoms with Gasteiger partial charge in [-0.05, 0) is 13.0 Å². The number of hydrogen-bond acceptors (Lipinski definition) is 2. The molecule has 0 aliphatic carbocycles. The monoisotopic (exact) mass is 203 g/mol. The lowest BCUT2D eigenvalue weighted by Crippen LogP contribution is -2.34. The Bertz CT molecular complexity index is 390. The van der Waals surface area contributed by atoms with Crippen molar-refractivity contribution in [1.29, 1.82) is 0 Å². The first-order valence-electron chi connectivity index (χ1n) is 4.89. The molecule has 0 aromatic heterocycles. The van der Waals surface area contributed by atoms with E-state index in [1.54, 1.807) is 17.9 Å². The van der Waals surface area contributed by atoms with Crippen molar-refractivity contribution in [3.05, 3.63) is 42.0 Å². The molecule has 1 atom stereocenters. The van der Waals surface area contributed by atoms with Crippen LogP contribution in [-0.4, -0.2) is 28.6 Å². The van der Waals surface area contributed by atoms with Crippen LogP contribution in [0.15, 0.2) is 30.8 Å². The molecule has 1 N–H and O–H groups in total. The maximum absolute atomic E-state index is 12.0. The number of carbonyl (C=O) groups is 1. The van der Waals surface area contributed by atoms with E-state index in [1.165, 1.54) is 0 Å². The maximum atomic E-state index is 12.0. The predicted molar refractivity (Wildman–Crippen MR) is 58.2 cm³/mol. The van der Waals surface area contributed by atoms with E-state index >= 15 is 0 Å². The Balaban J connectivity index is 2.45. The van der Waals surface area contributed by atoms with Gasteiger partial charge in [-0.2, -0.15) is 0 Å². The first-order chi connectivity index (χ1) is 7.16. The number of rotatable bonds is 2. The molecular formula is C12H13NO2. The number of aliphatic hydroxyl groups excluding tert-OH is 1. The molecular weight excluding hydrogens is 190 g/mol. The fraction of sp³-hybridized carbons (Fsp3) is 0.250. The summed E-state index contributed by atoms with van der Waals surface area (Å²) in [6, 6.07) is 7.14. The average molecular weight is 203 g/mol. The Kier molecular flexibility index (Phi) is 2.32. The van der Waals surface area contributed by atoms with Gasteiger partial charge in [-0.3, -0.25) is 4.79 Å². The second-order valence-corrected chi connectivity index (χ2v) is 3.70. The highest BCUT2D eigenvalue weighted by Crippen LogP contribution is 2.32. The predicted octanol–water partition coefficient (Wildman–Crippen LogP) is 1.49. The van der Waals surface area contributed by atoms with Crippen LogP contribution in [0.25, 0.3) is 5.70 Å². The molecule has 1 amide bonds. The fourth-order valence-corrected chi connectivity index (χ4v) is 1.85. The van der Waals surface area contributed by atoms with Gasteiger partial charge in [-0.1, -0.05) is 24.8 Å². The second kappa shape index (κ2) is 3.51. The zero-order valence-electron chi connectivity index (χ0n) is 8.60. The summed E-state index contributed by atoms with van der Waals surface area (Å²) in [5.74, 6) is -0.0721. The number of nitrogens with zero attached hydrogens (tertiary/aromatic N) is 1. The number of amides is 1. The summed E-state index contributed by atoms with van der Waals surface area (Å²) in [7, 11) is 0. The van der Waals surface area contributed by atoms with Crippen LogP contribution in [0.2, 0.25) is 0 Å². The van der Waals surface area contributed by atoms with E-state index in [0.717, 1.165) is 5.56 Å². The third kappa shape index (κ3) is 1.36.